The molecule has 0 aliphatic heterocycles. The number of fused-ring (bicyclic) bond motifs is 1. The van der Waals surface area contributed by atoms with Crippen LogP contribution in [-0.2, 0) is 11.2 Å². The summed E-state index contributed by atoms with van der Waals surface area (Å²) < 4.78 is 5.02. The maximum absolute atomic E-state index is 11.4. The normalized spacial score (nSPS) is 10.5. The van der Waals surface area contributed by atoms with Crippen LogP contribution in [-0.4, -0.2) is 10.8 Å². The van der Waals surface area contributed by atoms with E-state index < -0.39 is 5.63 Å². The lowest BCUT2D eigenvalue weighted by Gasteiger charge is -1.98. The Kier molecular flexibility index (Phi) is 2.33. The number of nitrogens with zero attached hydrogens (tertiary/aromatic N) is 1. The zero-order valence-electron chi connectivity index (χ0n) is 8.19. The van der Waals surface area contributed by atoms with Gasteiger partial charge in [0.1, 0.15) is 17.0 Å². The van der Waals surface area contributed by atoms with E-state index in [9.17, 15) is 9.59 Å². The molecular formula is C11H9NO3. The van der Waals surface area contributed by atoms with Crippen LogP contribution in [0.4, 0.5) is 0 Å². The van der Waals surface area contributed by atoms with Gasteiger partial charge in [-0.25, -0.2) is 9.78 Å². The molecule has 1 aromatic carbocycles. The van der Waals surface area contributed by atoms with Crippen molar-refractivity contribution < 1.29 is 9.21 Å². The van der Waals surface area contributed by atoms with E-state index in [4.69, 9.17) is 4.42 Å². The quantitative estimate of drug-likeness (QED) is 0.738. The first-order valence-corrected chi connectivity index (χ1v) is 4.55. The highest BCUT2D eigenvalue weighted by Gasteiger charge is 2.08. The smallest absolute Gasteiger partial charge is 0.358 e. The SMILES string of the molecule is CC(=O)Cc1nc2ccccc2oc1=O. The maximum Gasteiger partial charge on any atom is 0.358 e. The molecule has 0 aliphatic rings. The minimum absolute atomic E-state index is 0.0210. The van der Waals surface area contributed by atoms with E-state index in [1.165, 1.54) is 6.92 Å². The minimum Gasteiger partial charge on any atom is -0.420 e. The van der Waals surface area contributed by atoms with Crippen LogP contribution >= 0.6 is 0 Å². The Hall–Kier alpha value is -1.97. The van der Waals surface area contributed by atoms with Gasteiger partial charge in [0.15, 0.2) is 5.58 Å². The zero-order chi connectivity index (χ0) is 10.8. The molecule has 76 valence electrons. The molecule has 0 unspecified atom stereocenters. The second-order valence-corrected chi connectivity index (χ2v) is 3.29. The van der Waals surface area contributed by atoms with E-state index in [1.54, 1.807) is 24.3 Å². The molecular weight excluding hydrogens is 194 g/mol. The fraction of sp³-hybridized carbons (Fsp3) is 0.182. The number of hydrogen-bond donors (Lipinski definition) is 0. The molecule has 0 saturated carbocycles. The van der Waals surface area contributed by atoms with E-state index in [-0.39, 0.29) is 17.9 Å². The average Bonchev–Trinajstić information content (AvgIpc) is 2.18. The van der Waals surface area contributed by atoms with Gasteiger partial charge in [-0.1, -0.05) is 12.1 Å². The second-order valence-electron chi connectivity index (χ2n) is 3.29. The standard InChI is InChI=1S/C11H9NO3/c1-7(13)6-9-11(14)15-10-5-3-2-4-8(10)12-9/h2-5H,6H2,1H3. The Balaban J connectivity index is 2.62. The molecule has 0 N–H and O–H groups in total. The van der Waals surface area contributed by atoms with Crippen molar-refractivity contribution in [3.8, 4) is 0 Å². The summed E-state index contributed by atoms with van der Waals surface area (Å²) in [7, 11) is 0. The molecule has 0 spiro atoms. The summed E-state index contributed by atoms with van der Waals surface area (Å²) in [5.74, 6) is -0.106. The predicted molar refractivity (Wildman–Crippen MR) is 54.7 cm³/mol. The van der Waals surface area contributed by atoms with Gasteiger partial charge in [-0.15, -0.1) is 0 Å². The average molecular weight is 203 g/mol. The number of carbonyl (C=O) groups is 1. The van der Waals surface area contributed by atoms with E-state index in [0.29, 0.717) is 11.1 Å². The number of benzene rings is 1. The van der Waals surface area contributed by atoms with Crippen LogP contribution in [0.2, 0.25) is 0 Å². The zero-order valence-corrected chi connectivity index (χ0v) is 8.19. The number of Topliss-reactive ketones (excluding diaryl/α,β-unsaturated/α-hetero) is 1. The molecule has 0 fully saturated rings. The fourth-order valence-corrected chi connectivity index (χ4v) is 1.33. The predicted octanol–water partition coefficient (Wildman–Crippen LogP) is 1.32. The highest BCUT2D eigenvalue weighted by Crippen LogP contribution is 2.08. The van der Waals surface area contributed by atoms with Gasteiger partial charge in [-0.3, -0.25) is 4.79 Å². The summed E-state index contributed by atoms with van der Waals surface area (Å²) in [6, 6.07) is 6.97. The van der Waals surface area contributed by atoms with Crippen LogP contribution < -0.4 is 5.63 Å². The van der Waals surface area contributed by atoms with Crippen molar-refractivity contribution in [1.82, 2.24) is 4.98 Å². The van der Waals surface area contributed by atoms with Crippen molar-refractivity contribution in [2.75, 3.05) is 0 Å². The van der Waals surface area contributed by atoms with Crippen LogP contribution in [0, 0.1) is 0 Å². The van der Waals surface area contributed by atoms with Crippen molar-refractivity contribution in [2.24, 2.45) is 0 Å². The van der Waals surface area contributed by atoms with E-state index in [0.717, 1.165) is 0 Å². The van der Waals surface area contributed by atoms with Gasteiger partial charge >= 0.3 is 5.63 Å². The third-order valence-electron chi connectivity index (χ3n) is 1.98. The van der Waals surface area contributed by atoms with Crippen molar-refractivity contribution in [3.05, 3.63) is 40.4 Å². The molecule has 2 aromatic rings. The van der Waals surface area contributed by atoms with Gasteiger partial charge in [0.05, 0.1) is 6.42 Å². The molecule has 0 saturated heterocycles. The van der Waals surface area contributed by atoms with Gasteiger partial charge in [-0.05, 0) is 19.1 Å². The Morgan fingerprint density at radius 1 is 1.40 bits per heavy atom. The molecule has 0 amide bonds. The van der Waals surface area contributed by atoms with Crippen LogP contribution in [0.25, 0.3) is 11.1 Å². The van der Waals surface area contributed by atoms with E-state index in [1.807, 2.05) is 0 Å². The minimum atomic E-state index is -0.538. The van der Waals surface area contributed by atoms with Gasteiger partial charge in [0, 0.05) is 0 Å². The molecule has 0 bridgehead atoms. The topological polar surface area (TPSA) is 60.2 Å². The number of aromatic nitrogens is 1. The lowest BCUT2D eigenvalue weighted by atomic mass is 10.2. The lowest BCUT2D eigenvalue weighted by molar-refractivity contribution is -0.116. The van der Waals surface area contributed by atoms with Gasteiger partial charge in [-0.2, -0.15) is 0 Å². The second kappa shape index (κ2) is 3.65. The molecule has 2 rings (SSSR count). The number of hydrogen-bond acceptors (Lipinski definition) is 4. The molecule has 4 heteroatoms. The third kappa shape index (κ3) is 1.93. The van der Waals surface area contributed by atoms with Gasteiger partial charge in [0.25, 0.3) is 0 Å². The first kappa shape index (κ1) is 9.58. The molecule has 1 heterocycles. The van der Waals surface area contributed by atoms with E-state index in [2.05, 4.69) is 4.98 Å². The summed E-state index contributed by atoms with van der Waals surface area (Å²) in [5.41, 5.74) is 0.660. The molecule has 1 aromatic heterocycles. The van der Waals surface area contributed by atoms with Crippen LogP contribution in [0.5, 0.6) is 0 Å². The van der Waals surface area contributed by atoms with Crippen molar-refractivity contribution in [2.45, 2.75) is 13.3 Å². The first-order chi connectivity index (χ1) is 7.16. The Labute approximate surface area is 85.6 Å². The summed E-state index contributed by atoms with van der Waals surface area (Å²) >= 11 is 0. The largest absolute Gasteiger partial charge is 0.420 e. The number of ketones is 1. The monoisotopic (exact) mass is 203 g/mol. The van der Waals surface area contributed by atoms with Crippen molar-refractivity contribution in [3.63, 3.8) is 0 Å². The highest BCUT2D eigenvalue weighted by atomic mass is 16.4. The van der Waals surface area contributed by atoms with Crippen molar-refractivity contribution in [1.29, 1.82) is 0 Å². The summed E-state index contributed by atoms with van der Waals surface area (Å²) in [6.07, 6.45) is 0.0210. The Bertz CT molecular complexity index is 571. The molecule has 15 heavy (non-hydrogen) atoms. The Morgan fingerprint density at radius 3 is 2.87 bits per heavy atom. The molecule has 0 atom stereocenters. The van der Waals surface area contributed by atoms with E-state index >= 15 is 0 Å². The fourth-order valence-electron chi connectivity index (χ4n) is 1.33. The maximum atomic E-state index is 11.4. The first-order valence-electron chi connectivity index (χ1n) is 4.55. The third-order valence-corrected chi connectivity index (χ3v) is 1.98. The highest BCUT2D eigenvalue weighted by molar-refractivity contribution is 5.78. The number of rotatable bonds is 2. The lowest BCUT2D eigenvalue weighted by Crippen LogP contribution is -2.13. The Morgan fingerprint density at radius 2 is 2.13 bits per heavy atom. The van der Waals surface area contributed by atoms with Gasteiger partial charge in [0.2, 0.25) is 0 Å². The molecule has 4 nitrogen and oxygen atoms in total. The van der Waals surface area contributed by atoms with Crippen molar-refractivity contribution >= 4 is 16.9 Å². The number of carbonyl (C=O) groups excluding carboxylic acids is 1. The summed E-state index contributed by atoms with van der Waals surface area (Å²) in [5, 5.41) is 0. The van der Waals surface area contributed by atoms with Crippen LogP contribution in [0.3, 0.4) is 0 Å². The summed E-state index contributed by atoms with van der Waals surface area (Å²) in [6.45, 7) is 1.41. The molecule has 0 radical (unpaired) electrons. The summed E-state index contributed by atoms with van der Waals surface area (Å²) in [4.78, 5) is 26.4. The van der Waals surface area contributed by atoms with Crippen LogP contribution in [0.1, 0.15) is 12.6 Å². The molecule has 0 aliphatic carbocycles. The van der Waals surface area contributed by atoms with Gasteiger partial charge < -0.3 is 4.42 Å². The van der Waals surface area contributed by atoms with Crippen LogP contribution in [0.15, 0.2) is 33.5 Å². The number of para-hydroxylation sites is 2.